The van der Waals surface area contributed by atoms with Gasteiger partial charge in [-0.25, -0.2) is 0 Å². The van der Waals surface area contributed by atoms with Gasteiger partial charge in [-0.1, -0.05) is 12.1 Å². The van der Waals surface area contributed by atoms with Gasteiger partial charge in [-0.2, -0.15) is 5.26 Å². The van der Waals surface area contributed by atoms with E-state index in [-0.39, 0.29) is 24.3 Å². The topological polar surface area (TPSA) is 82.4 Å². The van der Waals surface area contributed by atoms with Gasteiger partial charge in [-0.15, -0.1) is 0 Å². The number of para-hydroxylation sites is 1. The first-order chi connectivity index (χ1) is 10.6. The molecule has 2 atom stereocenters. The van der Waals surface area contributed by atoms with E-state index in [2.05, 4.69) is 5.32 Å². The van der Waals surface area contributed by atoms with Crippen LogP contribution in [0.3, 0.4) is 0 Å². The van der Waals surface area contributed by atoms with E-state index in [9.17, 15) is 9.59 Å². The number of ether oxygens (including phenoxy) is 1. The average Bonchev–Trinajstić information content (AvgIpc) is 2.90. The smallest absolute Gasteiger partial charge is 0.229 e. The molecule has 116 valence electrons. The maximum atomic E-state index is 12.3. The number of likely N-dealkylation sites (tertiary alicyclic amines) is 1. The Labute approximate surface area is 129 Å². The summed E-state index contributed by atoms with van der Waals surface area (Å²) in [5.41, 5.74) is 0.885. The number of carbonyl (C=O) groups is 2. The predicted octanol–water partition coefficient (Wildman–Crippen LogP) is 1.38. The number of nitrogens with zero attached hydrogens (tertiary/aromatic N) is 2. The van der Waals surface area contributed by atoms with E-state index in [4.69, 9.17) is 10.00 Å². The van der Waals surface area contributed by atoms with E-state index >= 15 is 0 Å². The molecule has 2 rings (SSSR count). The number of anilines is 1. The van der Waals surface area contributed by atoms with Crippen molar-refractivity contribution >= 4 is 17.5 Å². The molecule has 0 saturated carbocycles. The van der Waals surface area contributed by atoms with Crippen LogP contribution < -0.4 is 5.32 Å². The van der Waals surface area contributed by atoms with Gasteiger partial charge in [-0.05, 0) is 19.1 Å². The SMILES string of the molecule is COC[C@@H](C)N1C[C@@H](C(=O)Nc2ccccc2C#N)CC1=O. The van der Waals surface area contributed by atoms with E-state index in [1.807, 2.05) is 13.0 Å². The molecule has 0 unspecified atom stereocenters. The van der Waals surface area contributed by atoms with Gasteiger partial charge >= 0.3 is 0 Å². The molecule has 1 fully saturated rings. The van der Waals surface area contributed by atoms with E-state index in [0.29, 0.717) is 24.4 Å². The number of amides is 2. The molecule has 6 nitrogen and oxygen atoms in total. The second-order valence-electron chi connectivity index (χ2n) is 5.40. The zero-order valence-electron chi connectivity index (χ0n) is 12.7. The van der Waals surface area contributed by atoms with Crippen LogP contribution in [-0.2, 0) is 14.3 Å². The highest BCUT2D eigenvalue weighted by atomic mass is 16.5. The van der Waals surface area contributed by atoms with E-state index in [1.54, 1.807) is 36.3 Å². The summed E-state index contributed by atoms with van der Waals surface area (Å²) in [5.74, 6) is -0.681. The normalized spacial score (nSPS) is 18.9. The Morgan fingerprint density at radius 1 is 1.55 bits per heavy atom. The molecule has 0 radical (unpaired) electrons. The summed E-state index contributed by atoms with van der Waals surface area (Å²) in [4.78, 5) is 26.0. The molecule has 1 aliphatic rings. The van der Waals surface area contributed by atoms with Gasteiger partial charge in [0.25, 0.3) is 0 Å². The molecule has 1 saturated heterocycles. The Hall–Kier alpha value is -2.39. The van der Waals surface area contributed by atoms with E-state index in [1.165, 1.54) is 0 Å². The molecule has 0 spiro atoms. The molecule has 0 bridgehead atoms. The molecular formula is C16H19N3O3. The first-order valence-corrected chi connectivity index (χ1v) is 7.15. The molecule has 1 aromatic rings. The highest BCUT2D eigenvalue weighted by Crippen LogP contribution is 2.23. The quantitative estimate of drug-likeness (QED) is 0.890. The maximum absolute atomic E-state index is 12.3. The molecule has 1 aliphatic heterocycles. The van der Waals surface area contributed by atoms with Crippen LogP contribution in [0, 0.1) is 17.2 Å². The first-order valence-electron chi connectivity index (χ1n) is 7.15. The molecular weight excluding hydrogens is 282 g/mol. The van der Waals surface area contributed by atoms with E-state index in [0.717, 1.165) is 0 Å². The van der Waals surface area contributed by atoms with Crippen molar-refractivity contribution in [2.75, 3.05) is 25.6 Å². The monoisotopic (exact) mass is 301 g/mol. The number of benzene rings is 1. The third-order valence-electron chi connectivity index (χ3n) is 3.77. The van der Waals surface area contributed by atoms with Crippen molar-refractivity contribution in [3.8, 4) is 6.07 Å². The van der Waals surface area contributed by atoms with Crippen LogP contribution in [0.15, 0.2) is 24.3 Å². The Morgan fingerprint density at radius 2 is 2.27 bits per heavy atom. The van der Waals surface area contributed by atoms with Gasteiger partial charge in [0.2, 0.25) is 11.8 Å². The summed E-state index contributed by atoms with van der Waals surface area (Å²) in [7, 11) is 1.58. The zero-order chi connectivity index (χ0) is 16.1. The molecule has 6 heteroatoms. The summed E-state index contributed by atoms with van der Waals surface area (Å²) < 4.78 is 5.06. The van der Waals surface area contributed by atoms with Crippen LogP contribution in [0.2, 0.25) is 0 Å². The molecule has 2 amide bonds. The summed E-state index contributed by atoms with van der Waals surface area (Å²) >= 11 is 0. The van der Waals surface area contributed by atoms with E-state index < -0.39 is 5.92 Å². The van der Waals surface area contributed by atoms with Crippen LogP contribution in [0.4, 0.5) is 5.69 Å². The Kier molecular flexibility index (Phi) is 5.12. The van der Waals surface area contributed by atoms with Crippen molar-refractivity contribution in [3.05, 3.63) is 29.8 Å². The predicted molar refractivity (Wildman–Crippen MR) is 80.9 cm³/mol. The maximum Gasteiger partial charge on any atom is 0.229 e. The molecule has 22 heavy (non-hydrogen) atoms. The third-order valence-corrected chi connectivity index (χ3v) is 3.77. The van der Waals surface area contributed by atoms with Crippen LogP contribution in [0.25, 0.3) is 0 Å². The van der Waals surface area contributed by atoms with Crippen molar-refractivity contribution in [1.29, 1.82) is 5.26 Å². The number of hydrogen-bond donors (Lipinski definition) is 1. The second kappa shape index (κ2) is 7.05. The Morgan fingerprint density at radius 3 is 2.95 bits per heavy atom. The van der Waals surface area contributed by atoms with Crippen molar-refractivity contribution in [3.63, 3.8) is 0 Å². The Bertz CT molecular complexity index is 609. The summed E-state index contributed by atoms with van der Waals surface area (Å²) in [6.45, 7) is 2.72. The molecule has 0 aromatic heterocycles. The number of nitrogens with one attached hydrogen (secondary N) is 1. The third kappa shape index (κ3) is 3.43. The summed E-state index contributed by atoms with van der Waals surface area (Å²) in [6, 6.07) is 8.79. The molecule has 1 aromatic carbocycles. The first kappa shape index (κ1) is 16.0. The highest BCUT2D eigenvalue weighted by molar-refractivity contribution is 5.98. The minimum atomic E-state index is -0.404. The fraction of sp³-hybridized carbons (Fsp3) is 0.438. The van der Waals surface area contributed by atoms with Gasteiger partial charge in [0.05, 0.1) is 29.8 Å². The largest absolute Gasteiger partial charge is 0.383 e. The number of rotatable bonds is 5. The Balaban J connectivity index is 2.03. The van der Waals surface area contributed by atoms with Gasteiger partial charge in [0, 0.05) is 20.1 Å². The van der Waals surface area contributed by atoms with Gasteiger partial charge in [-0.3, -0.25) is 9.59 Å². The van der Waals surface area contributed by atoms with Crippen LogP contribution in [0.1, 0.15) is 18.9 Å². The average molecular weight is 301 g/mol. The van der Waals surface area contributed by atoms with Gasteiger partial charge in [0.1, 0.15) is 6.07 Å². The van der Waals surface area contributed by atoms with Gasteiger partial charge in [0.15, 0.2) is 0 Å². The lowest BCUT2D eigenvalue weighted by molar-refractivity contribution is -0.130. The van der Waals surface area contributed by atoms with Crippen molar-refractivity contribution in [2.45, 2.75) is 19.4 Å². The number of nitriles is 1. The highest BCUT2D eigenvalue weighted by Gasteiger charge is 2.36. The lowest BCUT2D eigenvalue weighted by Gasteiger charge is -2.23. The van der Waals surface area contributed by atoms with Crippen molar-refractivity contribution < 1.29 is 14.3 Å². The standard InChI is InChI=1S/C16H19N3O3/c1-11(10-22-2)19-9-13(7-15(19)20)16(21)18-14-6-4-3-5-12(14)8-17/h3-6,11,13H,7,9-10H2,1-2H3,(H,18,21)/t11-,13+/m1/s1. The second-order valence-corrected chi connectivity index (χ2v) is 5.40. The number of methoxy groups -OCH3 is 1. The van der Waals surface area contributed by atoms with Crippen molar-refractivity contribution in [1.82, 2.24) is 4.90 Å². The molecule has 1 heterocycles. The van der Waals surface area contributed by atoms with Crippen LogP contribution >= 0.6 is 0 Å². The zero-order valence-corrected chi connectivity index (χ0v) is 12.7. The molecule has 1 N–H and O–H groups in total. The molecule has 0 aliphatic carbocycles. The van der Waals surface area contributed by atoms with Gasteiger partial charge < -0.3 is 15.0 Å². The fourth-order valence-corrected chi connectivity index (χ4v) is 2.59. The minimum Gasteiger partial charge on any atom is -0.383 e. The number of carbonyl (C=O) groups excluding carboxylic acids is 2. The minimum absolute atomic E-state index is 0.0433. The lowest BCUT2D eigenvalue weighted by atomic mass is 10.1. The summed E-state index contributed by atoms with van der Waals surface area (Å²) in [5, 5.41) is 11.8. The van der Waals surface area contributed by atoms with Crippen LogP contribution in [-0.4, -0.2) is 43.0 Å². The van der Waals surface area contributed by atoms with Crippen molar-refractivity contribution in [2.24, 2.45) is 5.92 Å². The lowest BCUT2D eigenvalue weighted by Crippen LogP contribution is -2.38. The number of hydrogen-bond acceptors (Lipinski definition) is 4. The summed E-state index contributed by atoms with van der Waals surface area (Å²) in [6.07, 6.45) is 0.189. The van der Waals surface area contributed by atoms with Crippen LogP contribution in [0.5, 0.6) is 0 Å². The fourth-order valence-electron chi connectivity index (χ4n) is 2.59.